The molecule has 5 aliphatic rings. The fraction of sp³-hybridized carbons (Fsp3) is 0.825. The van der Waals surface area contributed by atoms with Gasteiger partial charge in [0, 0.05) is 19.0 Å². The van der Waals surface area contributed by atoms with Crippen LogP contribution in [0.2, 0.25) is 0 Å². The standard InChI is InChI=1S/C40H63N5O7S/c1-8-10-17-28(31(46)34(48)41-26-18-19-26)42-33(47)30-29-27(38(29,5)6)24-45(30)35(49)32(39(7)20-13-11-14-21-39)43-36(50)44-40(22-15-12-16-23-40)25-53(51,52)37(3,4)9-2/h1,26-30,32H,9-25H2,2-7H3,(H,41,48)(H,42,47)(H2,43,44,50)/t27-,28?,29-,30-,32+/m0/s1. The molecule has 296 valence electrons. The van der Waals surface area contributed by atoms with Crippen LogP contribution in [0.15, 0.2) is 0 Å². The van der Waals surface area contributed by atoms with Gasteiger partial charge < -0.3 is 26.2 Å². The van der Waals surface area contributed by atoms with Gasteiger partial charge in [0.1, 0.15) is 12.1 Å². The second-order valence-corrected chi connectivity index (χ2v) is 20.9. The first-order valence-corrected chi connectivity index (χ1v) is 21.7. The van der Waals surface area contributed by atoms with Gasteiger partial charge in [0.25, 0.3) is 5.91 Å². The maximum absolute atomic E-state index is 14.9. The molecule has 1 saturated heterocycles. The van der Waals surface area contributed by atoms with E-state index in [0.29, 0.717) is 38.6 Å². The third-order valence-electron chi connectivity index (χ3n) is 13.7. The van der Waals surface area contributed by atoms with Crippen LogP contribution < -0.4 is 21.3 Å². The molecule has 0 bridgehead atoms. The molecule has 0 aromatic carbocycles. The number of Topliss-reactive ketones (excluding diaryl/α,β-unsaturated/α-hetero) is 1. The number of terminal acetylenes is 1. The number of amides is 5. The predicted octanol–water partition coefficient (Wildman–Crippen LogP) is 4.16. The topological polar surface area (TPSA) is 171 Å². The van der Waals surface area contributed by atoms with Gasteiger partial charge in [-0.2, -0.15) is 0 Å². The monoisotopic (exact) mass is 757 g/mol. The molecule has 4 saturated carbocycles. The lowest BCUT2D eigenvalue weighted by Crippen LogP contribution is -2.65. The molecule has 4 N–H and O–H groups in total. The molecule has 0 spiro atoms. The summed E-state index contributed by atoms with van der Waals surface area (Å²) < 4.78 is 26.4. The molecule has 1 aliphatic heterocycles. The van der Waals surface area contributed by atoms with Gasteiger partial charge in [0.15, 0.2) is 9.84 Å². The molecule has 0 aromatic heterocycles. The van der Waals surface area contributed by atoms with E-state index in [2.05, 4.69) is 41.0 Å². The highest BCUT2D eigenvalue weighted by atomic mass is 32.2. The Labute approximate surface area is 316 Å². The molecule has 0 aromatic rings. The molecule has 0 radical (unpaired) electrons. The predicted molar refractivity (Wildman–Crippen MR) is 203 cm³/mol. The van der Waals surface area contributed by atoms with Crippen molar-refractivity contribution < 1.29 is 32.4 Å². The fourth-order valence-electron chi connectivity index (χ4n) is 9.28. The molecular weight excluding hydrogens is 695 g/mol. The SMILES string of the molecule is C#CCCC(NC(=O)[C@@H]1[C@@H]2[C@H](CN1C(=O)[C@@H](NC(=O)NC1(CS(=O)(=O)C(C)(C)CC)CCCCC1)C1(C)CCCCC1)C2(C)C)C(=O)C(=O)NC1CC1. The minimum Gasteiger partial charge on any atom is -0.347 e. The van der Waals surface area contributed by atoms with E-state index in [0.717, 1.165) is 51.4 Å². The van der Waals surface area contributed by atoms with Crippen LogP contribution in [0.25, 0.3) is 0 Å². The first-order chi connectivity index (χ1) is 24.8. The average molecular weight is 758 g/mol. The van der Waals surface area contributed by atoms with Crippen molar-refractivity contribution in [1.29, 1.82) is 0 Å². The number of hydrogen-bond acceptors (Lipinski definition) is 7. The Morgan fingerprint density at radius 1 is 0.925 bits per heavy atom. The Hall–Kier alpha value is -3.14. The first-order valence-electron chi connectivity index (χ1n) is 20.0. The molecule has 53 heavy (non-hydrogen) atoms. The van der Waals surface area contributed by atoms with E-state index < -0.39 is 67.3 Å². The summed E-state index contributed by atoms with van der Waals surface area (Å²) in [5.41, 5.74) is -1.78. The van der Waals surface area contributed by atoms with Crippen LogP contribution in [0.4, 0.5) is 4.79 Å². The summed E-state index contributed by atoms with van der Waals surface area (Å²) in [5, 5.41) is 11.7. The van der Waals surface area contributed by atoms with Gasteiger partial charge >= 0.3 is 6.03 Å². The molecule has 5 atom stereocenters. The van der Waals surface area contributed by atoms with Crippen LogP contribution >= 0.6 is 0 Å². The fourth-order valence-corrected chi connectivity index (χ4v) is 11.2. The minimum absolute atomic E-state index is 0.0326. The molecule has 1 unspecified atom stereocenters. The second kappa shape index (κ2) is 15.5. The number of piperidine rings is 1. The van der Waals surface area contributed by atoms with E-state index in [9.17, 15) is 32.4 Å². The Morgan fingerprint density at radius 2 is 1.53 bits per heavy atom. The van der Waals surface area contributed by atoms with E-state index in [4.69, 9.17) is 6.42 Å². The molecule has 5 fully saturated rings. The second-order valence-electron chi connectivity index (χ2n) is 18.3. The molecule has 12 nitrogen and oxygen atoms in total. The molecular formula is C40H63N5O7S. The minimum atomic E-state index is -3.59. The third-order valence-corrected chi connectivity index (χ3v) is 16.6. The van der Waals surface area contributed by atoms with Crippen LogP contribution in [-0.4, -0.2) is 89.6 Å². The number of carbonyl (C=O) groups is 5. The number of urea groups is 1. The van der Waals surface area contributed by atoms with Crippen molar-refractivity contribution in [2.75, 3.05) is 12.3 Å². The number of carbonyl (C=O) groups excluding carboxylic acids is 5. The van der Waals surface area contributed by atoms with Gasteiger partial charge in [-0.1, -0.05) is 66.2 Å². The van der Waals surface area contributed by atoms with Crippen molar-refractivity contribution >= 4 is 39.4 Å². The normalized spacial score (nSPS) is 26.9. The number of nitrogens with zero attached hydrogens (tertiary/aromatic N) is 1. The Balaban J connectivity index is 1.40. The Kier molecular flexibility index (Phi) is 12.0. The van der Waals surface area contributed by atoms with Crippen LogP contribution in [0.3, 0.4) is 0 Å². The van der Waals surface area contributed by atoms with Crippen molar-refractivity contribution in [3.05, 3.63) is 0 Å². The summed E-state index contributed by atoms with van der Waals surface area (Å²) in [6.45, 7) is 11.8. The molecule has 1 heterocycles. The molecule has 4 aliphatic carbocycles. The quantitative estimate of drug-likeness (QED) is 0.144. The average Bonchev–Trinajstić information content (AvgIpc) is 3.95. The summed E-state index contributed by atoms with van der Waals surface area (Å²) in [6, 6.07) is -3.61. The Bertz CT molecular complexity index is 1580. The van der Waals surface area contributed by atoms with Crippen LogP contribution in [0.5, 0.6) is 0 Å². The summed E-state index contributed by atoms with van der Waals surface area (Å²) in [5.74, 6) is -0.164. The number of sulfone groups is 1. The van der Waals surface area contributed by atoms with Gasteiger partial charge in [-0.25, -0.2) is 13.2 Å². The number of fused-ring (bicyclic) bond motifs is 1. The zero-order valence-electron chi connectivity index (χ0n) is 32.8. The van der Waals surface area contributed by atoms with Gasteiger partial charge in [0.05, 0.1) is 22.1 Å². The van der Waals surface area contributed by atoms with Crippen molar-refractivity contribution in [2.24, 2.45) is 22.7 Å². The zero-order chi connectivity index (χ0) is 39.0. The van der Waals surface area contributed by atoms with Gasteiger partial charge in [0.2, 0.25) is 17.6 Å². The van der Waals surface area contributed by atoms with Crippen molar-refractivity contribution in [3.63, 3.8) is 0 Å². The number of likely N-dealkylation sites (tertiary alicyclic amines) is 1. The van der Waals surface area contributed by atoms with Crippen LogP contribution in [0, 0.1) is 35.0 Å². The summed E-state index contributed by atoms with van der Waals surface area (Å²) >= 11 is 0. The smallest absolute Gasteiger partial charge is 0.315 e. The van der Waals surface area contributed by atoms with E-state index in [1.807, 2.05) is 13.8 Å². The highest BCUT2D eigenvalue weighted by Crippen LogP contribution is 2.65. The van der Waals surface area contributed by atoms with Crippen molar-refractivity contribution in [2.45, 2.75) is 172 Å². The number of nitrogens with one attached hydrogen (secondary N) is 4. The molecule has 5 rings (SSSR count). The molecule has 13 heteroatoms. The highest BCUT2D eigenvalue weighted by Gasteiger charge is 2.70. The van der Waals surface area contributed by atoms with Crippen molar-refractivity contribution in [1.82, 2.24) is 26.2 Å². The lowest BCUT2D eigenvalue weighted by Gasteiger charge is -2.44. The van der Waals surface area contributed by atoms with E-state index in [1.165, 1.54) is 0 Å². The maximum Gasteiger partial charge on any atom is 0.315 e. The van der Waals surface area contributed by atoms with Crippen LogP contribution in [0.1, 0.15) is 138 Å². The number of rotatable bonds is 15. The van der Waals surface area contributed by atoms with Gasteiger partial charge in [-0.05, 0) is 87.9 Å². The summed E-state index contributed by atoms with van der Waals surface area (Å²) in [7, 11) is -3.59. The van der Waals surface area contributed by atoms with E-state index >= 15 is 0 Å². The maximum atomic E-state index is 14.9. The molecule has 5 amide bonds. The summed E-state index contributed by atoms with van der Waals surface area (Å²) in [4.78, 5) is 70.9. The number of hydrogen-bond donors (Lipinski definition) is 4. The Morgan fingerprint density at radius 3 is 2.09 bits per heavy atom. The summed E-state index contributed by atoms with van der Waals surface area (Å²) in [6.07, 6.45) is 15.6. The lowest BCUT2D eigenvalue weighted by molar-refractivity contribution is -0.146. The zero-order valence-corrected chi connectivity index (χ0v) is 33.6. The van der Waals surface area contributed by atoms with Crippen LogP contribution in [-0.2, 0) is 29.0 Å². The highest BCUT2D eigenvalue weighted by molar-refractivity contribution is 7.92. The largest absolute Gasteiger partial charge is 0.347 e. The first kappa shape index (κ1) is 41.0. The lowest BCUT2D eigenvalue weighted by atomic mass is 9.70. The van der Waals surface area contributed by atoms with E-state index in [1.54, 1.807) is 18.7 Å². The van der Waals surface area contributed by atoms with E-state index in [-0.39, 0.29) is 47.8 Å². The van der Waals surface area contributed by atoms with Crippen molar-refractivity contribution in [3.8, 4) is 12.3 Å². The van der Waals surface area contributed by atoms with Gasteiger partial charge in [-0.15, -0.1) is 12.3 Å². The third kappa shape index (κ3) is 8.73. The van der Waals surface area contributed by atoms with Gasteiger partial charge in [-0.3, -0.25) is 19.2 Å². The number of ketones is 1.